The summed E-state index contributed by atoms with van der Waals surface area (Å²) in [5, 5.41) is 20.9. The smallest absolute Gasteiger partial charge is 0.414 e. The van der Waals surface area contributed by atoms with Gasteiger partial charge < -0.3 is 30.0 Å². The van der Waals surface area contributed by atoms with Crippen molar-refractivity contribution in [3.05, 3.63) is 84.3 Å². The molecule has 1 heterocycles. The highest BCUT2D eigenvalue weighted by molar-refractivity contribution is 6.27. The van der Waals surface area contributed by atoms with E-state index in [-0.39, 0.29) is 5.91 Å². The molecule has 9 heteroatoms. The van der Waals surface area contributed by atoms with Crippen LogP contribution in [0, 0.1) is 0 Å². The second-order valence-electron chi connectivity index (χ2n) is 6.08. The Morgan fingerprint density at radius 1 is 0.839 bits per heavy atom. The van der Waals surface area contributed by atoms with Crippen LogP contribution in [0.2, 0.25) is 0 Å². The molecule has 3 aromatic rings. The van der Waals surface area contributed by atoms with Gasteiger partial charge >= 0.3 is 11.9 Å². The molecule has 0 atom stereocenters. The third-order valence-electron chi connectivity index (χ3n) is 3.72. The summed E-state index contributed by atoms with van der Waals surface area (Å²) >= 11 is 0. The molecule has 1 amide bonds. The Morgan fingerprint density at radius 2 is 1.55 bits per heavy atom. The van der Waals surface area contributed by atoms with E-state index >= 15 is 0 Å². The zero-order valence-electron chi connectivity index (χ0n) is 16.5. The highest BCUT2D eigenvalue weighted by Crippen LogP contribution is 2.21. The van der Waals surface area contributed by atoms with E-state index in [0.29, 0.717) is 25.4 Å². The zero-order valence-corrected chi connectivity index (χ0v) is 16.5. The number of carbonyl (C=O) groups excluding carboxylic acids is 1. The van der Waals surface area contributed by atoms with E-state index in [9.17, 15) is 4.79 Å². The minimum absolute atomic E-state index is 0.204. The molecule has 0 saturated carbocycles. The molecule has 9 nitrogen and oxygen atoms in total. The van der Waals surface area contributed by atoms with Gasteiger partial charge in [-0.2, -0.15) is 0 Å². The van der Waals surface area contributed by atoms with Gasteiger partial charge in [0.2, 0.25) is 0 Å². The van der Waals surface area contributed by atoms with Crippen molar-refractivity contribution in [2.75, 3.05) is 13.1 Å². The number of rotatable bonds is 8. The molecule has 0 aliphatic heterocycles. The molecule has 0 saturated heterocycles. The summed E-state index contributed by atoms with van der Waals surface area (Å²) in [5.74, 6) is -1.91. The number of carboxylic acid groups (broad SMARTS) is 2. The Bertz CT molecular complexity index is 961. The average molecular weight is 426 g/mol. The van der Waals surface area contributed by atoms with Gasteiger partial charge in [0, 0.05) is 19.6 Å². The number of furan rings is 1. The molecular formula is C22H22N2O7. The lowest BCUT2D eigenvalue weighted by molar-refractivity contribution is -0.159. The summed E-state index contributed by atoms with van der Waals surface area (Å²) in [5.41, 5.74) is 1.12. The maximum absolute atomic E-state index is 11.7. The van der Waals surface area contributed by atoms with Gasteiger partial charge in [0.05, 0.1) is 6.26 Å². The van der Waals surface area contributed by atoms with Gasteiger partial charge in [0.1, 0.15) is 11.5 Å². The lowest BCUT2D eigenvalue weighted by Crippen LogP contribution is -2.31. The number of benzene rings is 2. The van der Waals surface area contributed by atoms with Crippen LogP contribution in [-0.4, -0.2) is 41.1 Å². The number of aliphatic carboxylic acids is 2. The van der Waals surface area contributed by atoms with Crippen molar-refractivity contribution < 1.29 is 33.8 Å². The number of ether oxygens (including phenoxy) is 1. The summed E-state index contributed by atoms with van der Waals surface area (Å²) in [6, 6.07) is 21.0. The van der Waals surface area contributed by atoms with Crippen molar-refractivity contribution in [3.63, 3.8) is 0 Å². The van der Waals surface area contributed by atoms with Gasteiger partial charge in [-0.1, -0.05) is 30.3 Å². The van der Waals surface area contributed by atoms with Crippen molar-refractivity contribution in [1.29, 1.82) is 0 Å². The maximum atomic E-state index is 11.7. The first kappa shape index (κ1) is 23.2. The second kappa shape index (κ2) is 12.5. The fourth-order valence-electron chi connectivity index (χ4n) is 2.34. The molecule has 4 N–H and O–H groups in total. The summed E-state index contributed by atoms with van der Waals surface area (Å²) in [6.45, 7) is 1.89. The van der Waals surface area contributed by atoms with Crippen LogP contribution in [-0.2, 0) is 16.1 Å². The van der Waals surface area contributed by atoms with Crippen molar-refractivity contribution in [1.82, 2.24) is 10.6 Å². The molecule has 2 aromatic carbocycles. The van der Waals surface area contributed by atoms with Gasteiger partial charge in [-0.25, -0.2) is 9.59 Å². The first-order valence-electron chi connectivity index (χ1n) is 9.26. The van der Waals surface area contributed by atoms with E-state index in [1.54, 1.807) is 12.1 Å². The van der Waals surface area contributed by atoms with Crippen LogP contribution in [0.4, 0.5) is 0 Å². The van der Waals surface area contributed by atoms with Gasteiger partial charge in [0.15, 0.2) is 5.76 Å². The van der Waals surface area contributed by atoms with E-state index in [4.69, 9.17) is 29.0 Å². The number of hydrogen-bond acceptors (Lipinski definition) is 6. The quantitative estimate of drug-likeness (QED) is 0.319. The summed E-state index contributed by atoms with van der Waals surface area (Å²) in [6.07, 6.45) is 1.48. The van der Waals surface area contributed by atoms with Gasteiger partial charge in [-0.05, 0) is 42.0 Å². The predicted molar refractivity (Wildman–Crippen MR) is 111 cm³/mol. The third-order valence-corrected chi connectivity index (χ3v) is 3.72. The van der Waals surface area contributed by atoms with Crippen LogP contribution in [0.5, 0.6) is 11.5 Å². The zero-order chi connectivity index (χ0) is 22.5. The number of hydrogen-bond donors (Lipinski definition) is 4. The Morgan fingerprint density at radius 3 is 2.19 bits per heavy atom. The highest BCUT2D eigenvalue weighted by Gasteiger charge is 2.06. The van der Waals surface area contributed by atoms with E-state index in [2.05, 4.69) is 10.6 Å². The average Bonchev–Trinajstić information content (AvgIpc) is 3.30. The minimum Gasteiger partial charge on any atom is -0.473 e. The molecule has 3 rings (SSSR count). The van der Waals surface area contributed by atoms with Crippen molar-refractivity contribution in [2.45, 2.75) is 6.54 Å². The Kier molecular flexibility index (Phi) is 9.31. The highest BCUT2D eigenvalue weighted by atomic mass is 16.5. The Balaban J connectivity index is 0.000000501. The van der Waals surface area contributed by atoms with Gasteiger partial charge in [-0.3, -0.25) is 4.79 Å². The molecular weight excluding hydrogens is 404 g/mol. The predicted octanol–water partition coefficient (Wildman–Crippen LogP) is 2.75. The van der Waals surface area contributed by atoms with Gasteiger partial charge in [-0.15, -0.1) is 0 Å². The number of carboxylic acids is 2. The molecule has 31 heavy (non-hydrogen) atoms. The number of carbonyl (C=O) groups is 3. The Hall–Kier alpha value is -4.11. The molecule has 0 fully saturated rings. The lowest BCUT2D eigenvalue weighted by Gasteiger charge is -2.09. The van der Waals surface area contributed by atoms with Crippen LogP contribution < -0.4 is 15.4 Å². The van der Waals surface area contributed by atoms with Crippen molar-refractivity contribution in [3.8, 4) is 11.5 Å². The first-order valence-corrected chi connectivity index (χ1v) is 9.26. The molecule has 0 unspecified atom stereocenters. The van der Waals surface area contributed by atoms with Crippen LogP contribution >= 0.6 is 0 Å². The molecule has 0 aliphatic rings. The fraction of sp³-hybridized carbons (Fsp3) is 0.136. The third kappa shape index (κ3) is 8.84. The molecule has 162 valence electrons. The molecule has 1 aromatic heterocycles. The van der Waals surface area contributed by atoms with Crippen LogP contribution in [0.1, 0.15) is 16.1 Å². The number of nitrogens with one attached hydrogen (secondary N) is 2. The normalized spacial score (nSPS) is 9.81. The monoisotopic (exact) mass is 426 g/mol. The SMILES string of the molecule is O=C(NCCNCc1cccc(Oc2ccccc2)c1)c1ccco1.O=C(O)C(=O)O. The maximum Gasteiger partial charge on any atom is 0.414 e. The van der Waals surface area contributed by atoms with E-state index < -0.39 is 11.9 Å². The fourth-order valence-corrected chi connectivity index (χ4v) is 2.34. The molecule has 0 bridgehead atoms. The van der Waals surface area contributed by atoms with Crippen molar-refractivity contribution >= 4 is 17.8 Å². The first-order chi connectivity index (χ1) is 15.0. The standard InChI is InChI=1S/C20H20N2O3.C2H2O4/c23-20(19-10-5-13-24-19)22-12-11-21-15-16-6-4-9-18(14-16)25-17-7-2-1-3-8-17;3-1(4)2(5)6/h1-10,13-14,21H,11-12,15H2,(H,22,23);(H,3,4)(H,5,6). The second-order valence-corrected chi connectivity index (χ2v) is 6.08. The molecule has 0 spiro atoms. The van der Waals surface area contributed by atoms with Crippen LogP contribution in [0.3, 0.4) is 0 Å². The van der Waals surface area contributed by atoms with Crippen molar-refractivity contribution in [2.24, 2.45) is 0 Å². The number of amides is 1. The van der Waals surface area contributed by atoms with E-state index in [1.165, 1.54) is 6.26 Å². The Labute approximate surface area is 178 Å². The summed E-state index contributed by atoms with van der Waals surface area (Å²) in [4.78, 5) is 29.9. The molecule has 0 aliphatic carbocycles. The van der Waals surface area contributed by atoms with Gasteiger partial charge in [0.25, 0.3) is 5.91 Å². The minimum atomic E-state index is -1.82. The van der Waals surface area contributed by atoms with E-state index in [0.717, 1.165) is 17.1 Å². The molecule has 0 radical (unpaired) electrons. The van der Waals surface area contributed by atoms with Crippen LogP contribution in [0.25, 0.3) is 0 Å². The lowest BCUT2D eigenvalue weighted by atomic mass is 10.2. The summed E-state index contributed by atoms with van der Waals surface area (Å²) in [7, 11) is 0. The topological polar surface area (TPSA) is 138 Å². The van der Waals surface area contributed by atoms with Crippen LogP contribution in [0.15, 0.2) is 77.4 Å². The van der Waals surface area contributed by atoms with E-state index in [1.807, 2.05) is 54.6 Å². The summed E-state index contributed by atoms with van der Waals surface area (Å²) < 4.78 is 10.9. The number of para-hydroxylation sites is 1. The largest absolute Gasteiger partial charge is 0.473 e.